The molecule has 1 saturated heterocycles. The lowest BCUT2D eigenvalue weighted by molar-refractivity contribution is 0.189. The highest BCUT2D eigenvalue weighted by Crippen LogP contribution is 2.30. The SMILES string of the molecule is COCCCn1nc(N2CCCCC2)c2ccc(CNC3CC3)cc21. The number of anilines is 1. The van der Waals surface area contributed by atoms with Crippen molar-refractivity contribution >= 4 is 16.7 Å². The first-order chi connectivity index (χ1) is 12.3. The van der Waals surface area contributed by atoms with Crippen LogP contribution in [0.4, 0.5) is 5.82 Å². The monoisotopic (exact) mass is 342 g/mol. The molecule has 0 bridgehead atoms. The largest absolute Gasteiger partial charge is 0.385 e. The Bertz CT molecular complexity index is 701. The van der Waals surface area contributed by atoms with Gasteiger partial charge in [-0.2, -0.15) is 5.10 Å². The molecule has 0 unspecified atom stereocenters. The fourth-order valence-corrected chi connectivity index (χ4v) is 3.73. The van der Waals surface area contributed by atoms with Crippen molar-refractivity contribution in [1.29, 1.82) is 0 Å². The summed E-state index contributed by atoms with van der Waals surface area (Å²) in [4.78, 5) is 2.47. The molecule has 1 aromatic heterocycles. The Balaban J connectivity index is 1.61. The third-order valence-corrected chi connectivity index (χ3v) is 5.34. The molecule has 2 aromatic rings. The normalized spacial score (nSPS) is 18.2. The Hall–Kier alpha value is -1.59. The zero-order valence-electron chi connectivity index (χ0n) is 15.3. The fourth-order valence-electron chi connectivity index (χ4n) is 3.73. The quantitative estimate of drug-likeness (QED) is 0.748. The highest BCUT2D eigenvalue weighted by molar-refractivity contribution is 5.91. The molecule has 1 saturated carbocycles. The number of aromatic nitrogens is 2. The van der Waals surface area contributed by atoms with E-state index in [1.54, 1.807) is 7.11 Å². The maximum Gasteiger partial charge on any atom is 0.158 e. The van der Waals surface area contributed by atoms with Crippen LogP contribution in [-0.2, 0) is 17.8 Å². The van der Waals surface area contributed by atoms with Crippen molar-refractivity contribution in [3.63, 3.8) is 0 Å². The van der Waals surface area contributed by atoms with Crippen molar-refractivity contribution in [2.75, 3.05) is 31.7 Å². The molecule has 1 aliphatic carbocycles. The summed E-state index contributed by atoms with van der Waals surface area (Å²) in [6.07, 6.45) is 7.56. The fraction of sp³-hybridized carbons (Fsp3) is 0.650. The summed E-state index contributed by atoms with van der Waals surface area (Å²) in [5.41, 5.74) is 2.63. The van der Waals surface area contributed by atoms with E-state index >= 15 is 0 Å². The van der Waals surface area contributed by atoms with Gasteiger partial charge in [0.05, 0.1) is 5.52 Å². The minimum Gasteiger partial charge on any atom is -0.385 e. The molecule has 0 spiro atoms. The van der Waals surface area contributed by atoms with E-state index in [2.05, 4.69) is 33.1 Å². The summed E-state index contributed by atoms with van der Waals surface area (Å²) in [7, 11) is 1.77. The molecule has 5 heteroatoms. The number of ether oxygens (including phenoxy) is 1. The summed E-state index contributed by atoms with van der Waals surface area (Å²) >= 11 is 0. The number of piperidine rings is 1. The standard InChI is InChI=1S/C20H30N4O/c1-25-13-5-12-24-19-14-16(15-21-17-7-8-17)6-9-18(19)20(22-24)23-10-3-2-4-11-23/h6,9,14,17,21H,2-5,7-8,10-13,15H2,1H3. The van der Waals surface area contributed by atoms with Crippen LogP contribution < -0.4 is 10.2 Å². The number of hydrogen-bond donors (Lipinski definition) is 1. The molecule has 2 aliphatic rings. The summed E-state index contributed by atoms with van der Waals surface area (Å²) < 4.78 is 7.43. The van der Waals surface area contributed by atoms with Gasteiger partial charge in [0.25, 0.3) is 0 Å². The van der Waals surface area contributed by atoms with Crippen LogP contribution in [0.2, 0.25) is 0 Å². The molecule has 1 N–H and O–H groups in total. The second kappa shape index (κ2) is 7.75. The van der Waals surface area contributed by atoms with Crippen molar-refractivity contribution in [3.8, 4) is 0 Å². The van der Waals surface area contributed by atoms with Gasteiger partial charge in [0.2, 0.25) is 0 Å². The summed E-state index contributed by atoms with van der Waals surface area (Å²) in [6, 6.07) is 7.62. The van der Waals surface area contributed by atoms with Gasteiger partial charge in [0.1, 0.15) is 0 Å². The van der Waals surface area contributed by atoms with E-state index in [0.717, 1.165) is 45.2 Å². The Morgan fingerprint density at radius 1 is 1.20 bits per heavy atom. The minimum absolute atomic E-state index is 0.742. The van der Waals surface area contributed by atoms with Gasteiger partial charge in [-0.3, -0.25) is 4.68 Å². The highest BCUT2D eigenvalue weighted by atomic mass is 16.5. The number of methoxy groups -OCH3 is 1. The average molecular weight is 342 g/mol. The topological polar surface area (TPSA) is 42.3 Å². The molecule has 1 aromatic carbocycles. The second-order valence-electron chi connectivity index (χ2n) is 7.45. The number of rotatable bonds is 8. The lowest BCUT2D eigenvalue weighted by Crippen LogP contribution is -2.30. The first-order valence-electron chi connectivity index (χ1n) is 9.82. The zero-order valence-corrected chi connectivity index (χ0v) is 15.3. The van der Waals surface area contributed by atoms with Crippen LogP contribution >= 0.6 is 0 Å². The van der Waals surface area contributed by atoms with Gasteiger partial charge in [-0.15, -0.1) is 0 Å². The number of benzene rings is 1. The first-order valence-corrected chi connectivity index (χ1v) is 9.82. The Morgan fingerprint density at radius 2 is 2.04 bits per heavy atom. The van der Waals surface area contributed by atoms with Crippen LogP contribution in [0.15, 0.2) is 18.2 Å². The van der Waals surface area contributed by atoms with Gasteiger partial charge in [-0.1, -0.05) is 6.07 Å². The van der Waals surface area contributed by atoms with Crippen LogP contribution in [0.5, 0.6) is 0 Å². The Labute approximate surface area is 150 Å². The van der Waals surface area contributed by atoms with Crippen LogP contribution in [0.3, 0.4) is 0 Å². The van der Waals surface area contributed by atoms with Crippen LogP contribution in [0.1, 0.15) is 44.1 Å². The first kappa shape index (κ1) is 16.9. The molecule has 0 radical (unpaired) electrons. The summed E-state index contributed by atoms with van der Waals surface area (Å²) in [5.74, 6) is 1.17. The summed E-state index contributed by atoms with van der Waals surface area (Å²) in [6.45, 7) is 4.92. The van der Waals surface area contributed by atoms with E-state index in [9.17, 15) is 0 Å². The van der Waals surface area contributed by atoms with E-state index in [4.69, 9.17) is 9.84 Å². The van der Waals surface area contributed by atoms with Crippen molar-refractivity contribution in [3.05, 3.63) is 23.8 Å². The maximum atomic E-state index is 5.23. The van der Waals surface area contributed by atoms with E-state index in [1.165, 1.54) is 54.4 Å². The number of fused-ring (bicyclic) bond motifs is 1. The van der Waals surface area contributed by atoms with Gasteiger partial charge in [-0.25, -0.2) is 0 Å². The van der Waals surface area contributed by atoms with Crippen molar-refractivity contribution in [2.45, 2.75) is 57.7 Å². The number of aryl methyl sites for hydroxylation is 1. The molecule has 2 heterocycles. The lowest BCUT2D eigenvalue weighted by Gasteiger charge is -2.26. The Kier molecular flexibility index (Phi) is 5.22. The predicted molar refractivity (Wildman–Crippen MR) is 102 cm³/mol. The van der Waals surface area contributed by atoms with E-state index in [1.807, 2.05) is 0 Å². The van der Waals surface area contributed by atoms with Gasteiger partial charge in [0.15, 0.2) is 5.82 Å². The third kappa shape index (κ3) is 3.98. The predicted octanol–water partition coefficient (Wildman–Crippen LogP) is 3.32. The van der Waals surface area contributed by atoms with Crippen molar-refractivity contribution in [1.82, 2.24) is 15.1 Å². The van der Waals surface area contributed by atoms with Crippen molar-refractivity contribution < 1.29 is 4.74 Å². The molecular weight excluding hydrogens is 312 g/mol. The molecule has 4 rings (SSSR count). The third-order valence-electron chi connectivity index (χ3n) is 5.34. The molecule has 5 nitrogen and oxygen atoms in total. The molecule has 136 valence electrons. The molecular formula is C20H30N4O. The van der Waals surface area contributed by atoms with Crippen LogP contribution in [-0.4, -0.2) is 42.6 Å². The maximum absolute atomic E-state index is 5.23. The molecule has 0 atom stereocenters. The molecule has 1 aliphatic heterocycles. The number of nitrogens with one attached hydrogen (secondary N) is 1. The second-order valence-corrected chi connectivity index (χ2v) is 7.45. The molecule has 2 fully saturated rings. The smallest absolute Gasteiger partial charge is 0.158 e. The van der Waals surface area contributed by atoms with Crippen LogP contribution in [0, 0.1) is 0 Å². The van der Waals surface area contributed by atoms with Gasteiger partial charge < -0.3 is 15.0 Å². The molecule has 0 amide bonds. The van der Waals surface area contributed by atoms with E-state index < -0.39 is 0 Å². The number of hydrogen-bond acceptors (Lipinski definition) is 4. The van der Waals surface area contributed by atoms with Crippen molar-refractivity contribution in [2.24, 2.45) is 0 Å². The number of nitrogens with zero attached hydrogens (tertiary/aromatic N) is 3. The zero-order chi connectivity index (χ0) is 17.1. The van der Waals surface area contributed by atoms with Crippen LogP contribution in [0.25, 0.3) is 10.9 Å². The Morgan fingerprint density at radius 3 is 2.80 bits per heavy atom. The molecule has 25 heavy (non-hydrogen) atoms. The van der Waals surface area contributed by atoms with E-state index in [-0.39, 0.29) is 0 Å². The lowest BCUT2D eigenvalue weighted by atomic mass is 10.1. The summed E-state index contributed by atoms with van der Waals surface area (Å²) in [5, 5.41) is 9.92. The minimum atomic E-state index is 0.742. The highest BCUT2D eigenvalue weighted by Gasteiger charge is 2.21. The van der Waals surface area contributed by atoms with Gasteiger partial charge in [-0.05, 0) is 56.2 Å². The van der Waals surface area contributed by atoms with Gasteiger partial charge in [0, 0.05) is 51.3 Å². The van der Waals surface area contributed by atoms with E-state index in [0.29, 0.717) is 0 Å². The average Bonchev–Trinajstić information content (AvgIpc) is 3.42. The van der Waals surface area contributed by atoms with Gasteiger partial charge >= 0.3 is 0 Å².